The van der Waals surface area contributed by atoms with E-state index in [2.05, 4.69) is 4.74 Å². The summed E-state index contributed by atoms with van der Waals surface area (Å²) in [6, 6.07) is -0.312. The minimum atomic E-state index is -4.12. The maximum absolute atomic E-state index is 12.2. The van der Waals surface area contributed by atoms with E-state index in [1.165, 1.54) is 17.8 Å². The number of carbonyl (C=O) groups is 2. The van der Waals surface area contributed by atoms with Gasteiger partial charge in [-0.05, 0) is 13.0 Å². The summed E-state index contributed by atoms with van der Waals surface area (Å²) >= 11 is 0. The van der Waals surface area contributed by atoms with Crippen molar-refractivity contribution in [3.63, 3.8) is 0 Å². The van der Waals surface area contributed by atoms with Crippen LogP contribution in [0.2, 0.25) is 0 Å². The normalized spacial score (nSPS) is 12.7. The van der Waals surface area contributed by atoms with Gasteiger partial charge in [0.25, 0.3) is 0 Å². The zero-order valence-corrected chi connectivity index (χ0v) is 13.2. The van der Waals surface area contributed by atoms with Crippen LogP contribution < -0.4 is 4.72 Å². The van der Waals surface area contributed by atoms with E-state index >= 15 is 0 Å². The van der Waals surface area contributed by atoms with Gasteiger partial charge in [-0.25, -0.2) is 13.2 Å². The third-order valence-corrected chi connectivity index (χ3v) is 4.18. The molecule has 0 bridgehead atoms. The maximum Gasteiger partial charge on any atom is 0.354 e. The van der Waals surface area contributed by atoms with Crippen LogP contribution >= 0.6 is 0 Å². The number of aryl methyl sites for hydroxylation is 1. The molecular weight excluding hydrogens is 316 g/mol. The van der Waals surface area contributed by atoms with Gasteiger partial charge in [0, 0.05) is 13.2 Å². The molecule has 124 valence electrons. The second kappa shape index (κ2) is 7.38. The minimum absolute atomic E-state index is 0.0424. The molecule has 0 aliphatic heterocycles. The molecule has 1 rings (SSSR count). The lowest BCUT2D eigenvalue weighted by Gasteiger charge is -2.13. The Kier molecular flexibility index (Phi) is 6.09. The first-order valence-electron chi connectivity index (χ1n) is 6.31. The van der Waals surface area contributed by atoms with Gasteiger partial charge in [0.1, 0.15) is 16.6 Å². The van der Waals surface area contributed by atoms with E-state index in [1.54, 1.807) is 6.92 Å². The molecule has 0 aromatic carbocycles. The Bertz CT molecular complexity index is 650. The number of aliphatic hydroxyl groups is 1. The summed E-state index contributed by atoms with van der Waals surface area (Å²) in [6.07, 6.45) is 1.19. The summed E-state index contributed by atoms with van der Waals surface area (Å²) in [5, 5.41) is 9.05. The number of ether oxygens (including phenoxy) is 2. The zero-order chi connectivity index (χ0) is 16.9. The number of rotatable bonds is 7. The number of methoxy groups -OCH3 is 1. The van der Waals surface area contributed by atoms with E-state index in [1.807, 2.05) is 4.72 Å². The number of aromatic nitrogens is 1. The predicted octanol–water partition coefficient (Wildman–Crippen LogP) is -0.986. The van der Waals surface area contributed by atoms with Crippen molar-refractivity contribution in [1.29, 1.82) is 0 Å². The summed E-state index contributed by atoms with van der Waals surface area (Å²) in [6.45, 7) is 1.02. The summed E-state index contributed by atoms with van der Waals surface area (Å²) in [5.41, 5.74) is 0.0424. The van der Waals surface area contributed by atoms with Gasteiger partial charge in [-0.2, -0.15) is 4.72 Å². The molecule has 2 N–H and O–H groups in total. The number of esters is 2. The van der Waals surface area contributed by atoms with Gasteiger partial charge >= 0.3 is 11.9 Å². The summed E-state index contributed by atoms with van der Waals surface area (Å²) in [7, 11) is -1.56. The van der Waals surface area contributed by atoms with Crippen molar-refractivity contribution in [3.8, 4) is 0 Å². The first kappa shape index (κ1) is 18.1. The molecule has 9 nitrogen and oxygen atoms in total. The number of nitrogens with one attached hydrogen (secondary N) is 1. The lowest BCUT2D eigenvalue weighted by Crippen LogP contribution is -2.43. The van der Waals surface area contributed by atoms with E-state index in [4.69, 9.17) is 9.84 Å². The molecule has 0 spiro atoms. The quantitative estimate of drug-likeness (QED) is 0.614. The fourth-order valence-corrected chi connectivity index (χ4v) is 2.89. The smallest absolute Gasteiger partial charge is 0.354 e. The van der Waals surface area contributed by atoms with Gasteiger partial charge in [0.15, 0.2) is 0 Å². The van der Waals surface area contributed by atoms with Crippen LogP contribution in [-0.2, 0) is 31.3 Å². The Labute approximate surface area is 127 Å². The van der Waals surface area contributed by atoms with Crippen molar-refractivity contribution in [2.75, 3.05) is 20.3 Å². The van der Waals surface area contributed by atoms with Gasteiger partial charge in [-0.15, -0.1) is 0 Å². The molecule has 0 aliphatic rings. The number of aliphatic hydroxyl groups excluding tert-OH is 1. The molecule has 0 radical (unpaired) electrons. The van der Waals surface area contributed by atoms with Crippen molar-refractivity contribution in [1.82, 2.24) is 9.29 Å². The molecule has 1 atom stereocenters. The largest absolute Gasteiger partial charge is 0.468 e. The highest BCUT2D eigenvalue weighted by molar-refractivity contribution is 7.89. The molecule has 1 aromatic heterocycles. The lowest BCUT2D eigenvalue weighted by molar-refractivity contribution is -0.143. The van der Waals surface area contributed by atoms with Crippen molar-refractivity contribution in [3.05, 3.63) is 18.0 Å². The SMILES string of the molecule is CCOC(=O)c1cc(S(=O)(=O)NC(CO)C(=O)OC)cn1C. The van der Waals surface area contributed by atoms with Gasteiger partial charge in [0.2, 0.25) is 10.0 Å². The summed E-state index contributed by atoms with van der Waals surface area (Å²) in [4.78, 5) is 22.8. The van der Waals surface area contributed by atoms with Crippen molar-refractivity contribution >= 4 is 22.0 Å². The van der Waals surface area contributed by atoms with Crippen LogP contribution in [0.15, 0.2) is 17.2 Å². The van der Waals surface area contributed by atoms with Crippen LogP contribution in [-0.4, -0.2) is 56.4 Å². The summed E-state index contributed by atoms with van der Waals surface area (Å²) in [5.74, 6) is -1.59. The number of hydrogen-bond donors (Lipinski definition) is 2. The van der Waals surface area contributed by atoms with Gasteiger partial charge in [0.05, 0.1) is 20.3 Å². The van der Waals surface area contributed by atoms with Gasteiger partial charge < -0.3 is 19.1 Å². The third-order valence-electron chi connectivity index (χ3n) is 2.74. The van der Waals surface area contributed by atoms with Crippen molar-refractivity contribution in [2.24, 2.45) is 7.05 Å². The second-order valence-electron chi connectivity index (χ2n) is 4.27. The number of nitrogens with zero attached hydrogens (tertiary/aromatic N) is 1. The number of carbonyl (C=O) groups excluding carboxylic acids is 2. The van der Waals surface area contributed by atoms with E-state index in [9.17, 15) is 18.0 Å². The molecule has 0 saturated carbocycles. The lowest BCUT2D eigenvalue weighted by atomic mass is 10.3. The van der Waals surface area contributed by atoms with Crippen molar-refractivity contribution < 1.29 is 32.6 Å². The van der Waals surface area contributed by atoms with E-state index < -0.39 is 34.6 Å². The fourth-order valence-electron chi connectivity index (χ4n) is 1.65. The topological polar surface area (TPSA) is 124 Å². The van der Waals surface area contributed by atoms with Crippen LogP contribution in [0, 0.1) is 0 Å². The van der Waals surface area contributed by atoms with Crippen LogP contribution in [0.5, 0.6) is 0 Å². The Morgan fingerprint density at radius 2 is 2.09 bits per heavy atom. The number of hydrogen-bond acceptors (Lipinski definition) is 7. The first-order valence-corrected chi connectivity index (χ1v) is 7.79. The Hall–Kier alpha value is -1.91. The molecule has 10 heteroatoms. The van der Waals surface area contributed by atoms with Crippen molar-refractivity contribution in [2.45, 2.75) is 17.9 Å². The monoisotopic (exact) mass is 334 g/mol. The molecule has 0 saturated heterocycles. The van der Waals surface area contributed by atoms with Crippen LogP contribution in [0.3, 0.4) is 0 Å². The average molecular weight is 334 g/mol. The Balaban J connectivity index is 3.06. The maximum atomic E-state index is 12.2. The van der Waals surface area contributed by atoms with E-state index in [0.717, 1.165) is 13.2 Å². The molecule has 0 amide bonds. The molecule has 0 aliphatic carbocycles. The number of sulfonamides is 1. The molecule has 0 fully saturated rings. The zero-order valence-electron chi connectivity index (χ0n) is 12.4. The highest BCUT2D eigenvalue weighted by Gasteiger charge is 2.28. The van der Waals surface area contributed by atoms with E-state index in [-0.39, 0.29) is 17.2 Å². The standard InChI is InChI=1S/C12H18N2O7S/c1-4-21-12(17)10-5-8(6-14(10)2)22(18,19)13-9(7-15)11(16)20-3/h5-6,9,13,15H,4,7H2,1-3H3. The first-order chi connectivity index (χ1) is 10.3. The summed E-state index contributed by atoms with van der Waals surface area (Å²) < 4.78 is 36.8. The van der Waals surface area contributed by atoms with Gasteiger partial charge in [-0.3, -0.25) is 4.79 Å². The molecular formula is C12H18N2O7S. The van der Waals surface area contributed by atoms with Crippen LogP contribution in [0.4, 0.5) is 0 Å². The van der Waals surface area contributed by atoms with Crippen LogP contribution in [0.1, 0.15) is 17.4 Å². The fraction of sp³-hybridized carbons (Fsp3) is 0.500. The molecule has 1 unspecified atom stereocenters. The molecule has 1 heterocycles. The molecule has 1 aromatic rings. The second-order valence-corrected chi connectivity index (χ2v) is 5.99. The predicted molar refractivity (Wildman–Crippen MR) is 74.6 cm³/mol. The third kappa shape index (κ3) is 4.06. The van der Waals surface area contributed by atoms with Crippen LogP contribution in [0.25, 0.3) is 0 Å². The highest BCUT2D eigenvalue weighted by atomic mass is 32.2. The minimum Gasteiger partial charge on any atom is -0.468 e. The average Bonchev–Trinajstić information content (AvgIpc) is 2.87. The molecule has 22 heavy (non-hydrogen) atoms. The highest BCUT2D eigenvalue weighted by Crippen LogP contribution is 2.15. The Morgan fingerprint density at radius 3 is 2.59 bits per heavy atom. The Morgan fingerprint density at radius 1 is 1.45 bits per heavy atom. The van der Waals surface area contributed by atoms with Gasteiger partial charge in [-0.1, -0.05) is 0 Å². The van der Waals surface area contributed by atoms with E-state index in [0.29, 0.717) is 0 Å².